The maximum atomic E-state index is 6.30. The average molecular weight is 518 g/mol. The zero-order valence-corrected chi connectivity index (χ0v) is 21.6. The Balaban J connectivity index is 1.60. The highest BCUT2D eigenvalue weighted by molar-refractivity contribution is 8.01. The van der Waals surface area contributed by atoms with Gasteiger partial charge in [0, 0.05) is 16.4 Å². The normalized spacial score (nSPS) is 12.7. The molecule has 0 atom stereocenters. The summed E-state index contributed by atoms with van der Waals surface area (Å²) < 4.78 is 14.1. The zero-order valence-electron chi connectivity index (χ0n) is 18.5. The third-order valence-corrected chi connectivity index (χ3v) is 8.24. The molecule has 33 heavy (non-hydrogen) atoms. The molecule has 5 rings (SSSR count). The van der Waals surface area contributed by atoms with Crippen molar-refractivity contribution in [3.63, 3.8) is 0 Å². The van der Waals surface area contributed by atoms with Gasteiger partial charge in [-0.25, -0.2) is 9.67 Å². The number of hydrogen-bond donors (Lipinski definition) is 0. The SMILES string of the molecule is Cc1nn(-c2nc(-c3ccc(Cl)c(Cl)c3)c(SC(C)C)s2)c(C)c1-c1ccc2c(c1)OCO2. The number of aromatic nitrogens is 3. The lowest BCUT2D eigenvalue weighted by atomic mass is 10.0. The van der Waals surface area contributed by atoms with Gasteiger partial charge in [-0.05, 0) is 43.7 Å². The van der Waals surface area contributed by atoms with Crippen LogP contribution in [-0.4, -0.2) is 26.8 Å². The van der Waals surface area contributed by atoms with Gasteiger partial charge < -0.3 is 9.47 Å². The summed E-state index contributed by atoms with van der Waals surface area (Å²) in [6.07, 6.45) is 0. The van der Waals surface area contributed by atoms with E-state index >= 15 is 0 Å². The maximum Gasteiger partial charge on any atom is 0.231 e. The monoisotopic (exact) mass is 517 g/mol. The van der Waals surface area contributed by atoms with Crippen molar-refractivity contribution < 1.29 is 9.47 Å². The van der Waals surface area contributed by atoms with E-state index in [1.54, 1.807) is 23.1 Å². The lowest BCUT2D eigenvalue weighted by Crippen LogP contribution is -1.98. The zero-order chi connectivity index (χ0) is 23.3. The number of nitrogens with zero attached hydrogens (tertiary/aromatic N) is 3. The summed E-state index contributed by atoms with van der Waals surface area (Å²) in [5.41, 5.74) is 5.88. The minimum absolute atomic E-state index is 0.253. The Bertz CT molecular complexity index is 1360. The molecule has 0 spiro atoms. The van der Waals surface area contributed by atoms with Crippen molar-refractivity contribution in [3.8, 4) is 39.0 Å². The van der Waals surface area contributed by atoms with Crippen molar-refractivity contribution in [2.75, 3.05) is 6.79 Å². The van der Waals surface area contributed by atoms with E-state index in [-0.39, 0.29) is 6.79 Å². The number of halogens is 2. The van der Waals surface area contributed by atoms with Crippen LogP contribution in [-0.2, 0) is 0 Å². The molecule has 4 aromatic rings. The molecule has 0 bridgehead atoms. The van der Waals surface area contributed by atoms with Gasteiger partial charge in [0.25, 0.3) is 0 Å². The number of hydrogen-bond acceptors (Lipinski definition) is 6. The Hall–Kier alpha value is -2.19. The van der Waals surface area contributed by atoms with Crippen molar-refractivity contribution in [2.24, 2.45) is 0 Å². The number of aryl methyl sites for hydroxylation is 1. The first-order chi connectivity index (χ1) is 15.8. The highest BCUT2D eigenvalue weighted by Crippen LogP contribution is 2.42. The van der Waals surface area contributed by atoms with Gasteiger partial charge in [0.15, 0.2) is 11.5 Å². The summed E-state index contributed by atoms with van der Waals surface area (Å²) in [4.78, 5) is 4.99. The van der Waals surface area contributed by atoms with Crippen LogP contribution in [0.5, 0.6) is 11.5 Å². The van der Waals surface area contributed by atoms with Gasteiger partial charge >= 0.3 is 0 Å². The van der Waals surface area contributed by atoms with Gasteiger partial charge in [-0.2, -0.15) is 5.10 Å². The molecule has 1 aliphatic rings. The molecular weight excluding hydrogens is 497 g/mol. The molecule has 0 saturated heterocycles. The van der Waals surface area contributed by atoms with Gasteiger partial charge in [-0.1, -0.05) is 60.5 Å². The van der Waals surface area contributed by atoms with E-state index in [1.165, 1.54) is 0 Å². The molecule has 9 heteroatoms. The standard InChI is InChI=1S/C24H21Cl2N3O2S2/c1-12(2)32-23-22(16-5-7-17(25)18(26)9-16)27-24(33-23)29-14(4)21(13(3)28-29)15-6-8-19-20(10-15)31-11-30-19/h5-10,12H,11H2,1-4H3. The molecule has 3 heterocycles. The minimum Gasteiger partial charge on any atom is -0.454 e. The van der Waals surface area contributed by atoms with E-state index in [4.69, 9.17) is 42.8 Å². The smallest absolute Gasteiger partial charge is 0.231 e. The van der Waals surface area contributed by atoms with Crippen LogP contribution in [0.4, 0.5) is 0 Å². The fourth-order valence-electron chi connectivity index (χ4n) is 3.80. The van der Waals surface area contributed by atoms with Crippen LogP contribution in [0.3, 0.4) is 0 Å². The summed E-state index contributed by atoms with van der Waals surface area (Å²) in [6, 6.07) is 11.6. The molecule has 0 aliphatic carbocycles. The van der Waals surface area contributed by atoms with E-state index in [0.717, 1.165) is 54.6 Å². The third-order valence-electron chi connectivity index (χ3n) is 5.25. The maximum absolute atomic E-state index is 6.30. The number of thiazole rings is 1. The first kappa shape index (κ1) is 22.6. The number of benzene rings is 2. The largest absolute Gasteiger partial charge is 0.454 e. The Morgan fingerprint density at radius 2 is 1.76 bits per heavy atom. The van der Waals surface area contributed by atoms with Crippen molar-refractivity contribution in [2.45, 2.75) is 37.2 Å². The predicted molar refractivity (Wildman–Crippen MR) is 137 cm³/mol. The molecule has 1 aliphatic heterocycles. The van der Waals surface area contributed by atoms with Crippen LogP contribution in [0, 0.1) is 13.8 Å². The molecular formula is C24H21Cl2N3O2S2. The summed E-state index contributed by atoms with van der Waals surface area (Å²) in [5, 5.41) is 7.11. The van der Waals surface area contributed by atoms with Crippen molar-refractivity contribution >= 4 is 46.3 Å². The van der Waals surface area contributed by atoms with Gasteiger partial charge in [-0.3, -0.25) is 0 Å². The number of rotatable bonds is 5. The van der Waals surface area contributed by atoms with Crippen molar-refractivity contribution in [1.82, 2.24) is 14.8 Å². The second-order valence-electron chi connectivity index (χ2n) is 7.95. The fourth-order valence-corrected chi connectivity index (χ4v) is 6.63. The molecule has 0 radical (unpaired) electrons. The Kier molecular flexibility index (Phi) is 6.07. The number of thioether (sulfide) groups is 1. The van der Waals surface area contributed by atoms with Crippen molar-refractivity contribution in [1.29, 1.82) is 0 Å². The molecule has 0 saturated carbocycles. The van der Waals surface area contributed by atoms with Crippen LogP contribution in [0.25, 0.3) is 27.5 Å². The molecule has 0 amide bonds. The van der Waals surface area contributed by atoms with Gasteiger partial charge in [0.2, 0.25) is 11.9 Å². The third kappa shape index (κ3) is 4.23. The van der Waals surface area contributed by atoms with E-state index < -0.39 is 0 Å². The fraction of sp³-hybridized carbons (Fsp3) is 0.250. The molecule has 0 fully saturated rings. The van der Waals surface area contributed by atoms with Gasteiger partial charge in [0.1, 0.15) is 0 Å². The quantitative estimate of drug-likeness (QED) is 0.252. The van der Waals surface area contributed by atoms with E-state index in [2.05, 4.69) is 20.8 Å². The van der Waals surface area contributed by atoms with E-state index in [9.17, 15) is 0 Å². The Labute approximate surface area is 210 Å². The summed E-state index contributed by atoms with van der Waals surface area (Å²) in [6.45, 7) is 8.67. The molecule has 5 nitrogen and oxygen atoms in total. The van der Waals surface area contributed by atoms with E-state index in [1.807, 2.05) is 48.0 Å². The van der Waals surface area contributed by atoms with Crippen LogP contribution < -0.4 is 9.47 Å². The first-order valence-electron chi connectivity index (χ1n) is 10.4. The van der Waals surface area contributed by atoms with Crippen molar-refractivity contribution in [3.05, 3.63) is 57.8 Å². The highest BCUT2D eigenvalue weighted by Gasteiger charge is 2.22. The van der Waals surface area contributed by atoms with Crippen LogP contribution in [0.15, 0.2) is 40.6 Å². The minimum atomic E-state index is 0.253. The molecule has 2 aromatic heterocycles. The Morgan fingerprint density at radius 3 is 2.52 bits per heavy atom. The molecule has 0 unspecified atom stereocenters. The van der Waals surface area contributed by atoms with Crippen LogP contribution >= 0.6 is 46.3 Å². The predicted octanol–water partition coefficient (Wildman–Crippen LogP) is 7.82. The number of ether oxygens (including phenoxy) is 2. The molecule has 2 aromatic carbocycles. The molecule has 170 valence electrons. The number of fused-ring (bicyclic) bond motifs is 1. The lowest BCUT2D eigenvalue weighted by molar-refractivity contribution is 0.174. The van der Waals surface area contributed by atoms with E-state index in [0.29, 0.717) is 15.3 Å². The second-order valence-corrected chi connectivity index (χ2v) is 11.6. The lowest BCUT2D eigenvalue weighted by Gasteiger charge is -2.05. The second kappa shape index (κ2) is 8.87. The highest BCUT2D eigenvalue weighted by atomic mass is 35.5. The van der Waals surface area contributed by atoms with Gasteiger partial charge in [0.05, 0.1) is 31.3 Å². The summed E-state index contributed by atoms with van der Waals surface area (Å²) in [5.74, 6) is 1.52. The summed E-state index contributed by atoms with van der Waals surface area (Å²) in [7, 11) is 0. The Morgan fingerprint density at radius 1 is 1.00 bits per heavy atom. The van der Waals surface area contributed by atoms with Crippen LogP contribution in [0.1, 0.15) is 25.2 Å². The topological polar surface area (TPSA) is 49.2 Å². The first-order valence-corrected chi connectivity index (χ1v) is 12.9. The van der Waals surface area contributed by atoms with Crippen LogP contribution in [0.2, 0.25) is 10.0 Å². The average Bonchev–Trinajstić information content (AvgIpc) is 3.46. The summed E-state index contributed by atoms with van der Waals surface area (Å²) >= 11 is 15.9. The molecule has 0 N–H and O–H groups in total. The van der Waals surface area contributed by atoms with Gasteiger partial charge in [-0.15, -0.1) is 11.8 Å².